The molecule has 0 radical (unpaired) electrons. The molecule has 158 valence electrons. The number of para-hydroxylation sites is 2. The van der Waals surface area contributed by atoms with Gasteiger partial charge in [-0.25, -0.2) is 14.8 Å². The lowest BCUT2D eigenvalue weighted by Crippen LogP contribution is -2.40. The minimum atomic E-state index is 0.00199. The highest BCUT2D eigenvalue weighted by Crippen LogP contribution is 2.52. The van der Waals surface area contributed by atoms with Crippen molar-refractivity contribution in [1.29, 1.82) is 0 Å². The number of nitrogens with one attached hydrogen (secondary N) is 2. The second kappa shape index (κ2) is 6.19. The quantitative estimate of drug-likeness (QED) is 0.420. The van der Waals surface area contributed by atoms with E-state index in [-0.39, 0.29) is 16.9 Å². The largest absolute Gasteiger partial charge is 0.338 e. The first-order chi connectivity index (χ1) is 14.8. The monoisotopic (exact) mass is 413 g/mol. The highest BCUT2D eigenvalue weighted by molar-refractivity contribution is 6.07. The van der Waals surface area contributed by atoms with Crippen molar-refractivity contribution in [2.75, 3.05) is 11.9 Å². The summed E-state index contributed by atoms with van der Waals surface area (Å²) >= 11 is 0. The normalized spacial score (nSPS) is 24.9. The van der Waals surface area contributed by atoms with E-state index in [0.717, 1.165) is 58.2 Å². The molecular formula is C25H27N5O. The maximum absolute atomic E-state index is 13.2. The molecule has 4 aromatic rings. The fraction of sp³-hybridized carbons (Fsp3) is 0.400. The van der Waals surface area contributed by atoms with Crippen molar-refractivity contribution in [2.24, 2.45) is 10.8 Å². The molecule has 2 atom stereocenters. The smallest absolute Gasteiger partial charge is 0.322 e. The van der Waals surface area contributed by atoms with Gasteiger partial charge in [-0.1, -0.05) is 32.9 Å². The predicted molar refractivity (Wildman–Crippen MR) is 124 cm³/mol. The summed E-state index contributed by atoms with van der Waals surface area (Å²) in [5.74, 6) is 0. The predicted octanol–water partition coefficient (Wildman–Crippen LogP) is 5.70. The van der Waals surface area contributed by atoms with Gasteiger partial charge in [-0.15, -0.1) is 0 Å². The van der Waals surface area contributed by atoms with Crippen LogP contribution in [0.25, 0.3) is 33.1 Å². The van der Waals surface area contributed by atoms with Gasteiger partial charge in [-0.3, -0.25) is 0 Å². The Morgan fingerprint density at radius 3 is 2.68 bits per heavy atom. The van der Waals surface area contributed by atoms with E-state index in [1.807, 2.05) is 42.5 Å². The standard InChI is InChI=1S/C25H27N5O/c1-24(2)11-16-12-25(3,13-24)14-30(16)23(31)26-15-8-9-18-17(10-15)21-22(28-18)29-20-7-5-4-6-19(20)27-21/h4-10,16H,11-14H2,1-3H3,(H,26,31)(H,28,29)/t16-,25+/m0/s1. The number of carbonyl (C=O) groups excluding carboxylic acids is 1. The summed E-state index contributed by atoms with van der Waals surface area (Å²) in [6.45, 7) is 7.82. The van der Waals surface area contributed by atoms with E-state index < -0.39 is 0 Å². The number of carbonyl (C=O) groups is 1. The molecule has 2 N–H and O–H groups in total. The van der Waals surface area contributed by atoms with Crippen LogP contribution in [0.3, 0.4) is 0 Å². The van der Waals surface area contributed by atoms with Crippen molar-refractivity contribution in [3.63, 3.8) is 0 Å². The molecular weight excluding hydrogens is 386 g/mol. The Bertz CT molecular complexity index is 1360. The number of aromatic nitrogens is 3. The highest BCUT2D eigenvalue weighted by atomic mass is 16.2. The minimum absolute atomic E-state index is 0.00199. The second-order valence-corrected chi connectivity index (χ2v) is 10.6. The molecule has 2 fully saturated rings. The lowest BCUT2D eigenvalue weighted by atomic mass is 9.65. The van der Waals surface area contributed by atoms with Crippen LogP contribution in [-0.4, -0.2) is 38.5 Å². The summed E-state index contributed by atoms with van der Waals surface area (Å²) in [4.78, 5) is 28.1. The van der Waals surface area contributed by atoms with Crippen molar-refractivity contribution in [3.05, 3.63) is 42.5 Å². The molecule has 6 heteroatoms. The molecule has 1 saturated carbocycles. The molecule has 2 aromatic carbocycles. The molecule has 1 saturated heterocycles. The molecule has 6 nitrogen and oxygen atoms in total. The van der Waals surface area contributed by atoms with E-state index in [1.165, 1.54) is 6.42 Å². The zero-order valence-electron chi connectivity index (χ0n) is 18.2. The van der Waals surface area contributed by atoms with Crippen molar-refractivity contribution in [2.45, 2.75) is 46.1 Å². The van der Waals surface area contributed by atoms with E-state index in [2.05, 4.69) is 36.0 Å². The third-order valence-electron chi connectivity index (χ3n) is 7.03. The minimum Gasteiger partial charge on any atom is -0.338 e. The Labute approximate surface area is 181 Å². The van der Waals surface area contributed by atoms with E-state index in [9.17, 15) is 4.79 Å². The molecule has 2 bridgehead atoms. The molecule has 1 aliphatic carbocycles. The average molecular weight is 414 g/mol. The van der Waals surface area contributed by atoms with Crippen LogP contribution in [0.4, 0.5) is 10.5 Å². The van der Waals surface area contributed by atoms with Crippen molar-refractivity contribution in [1.82, 2.24) is 19.9 Å². The number of rotatable bonds is 1. The van der Waals surface area contributed by atoms with Crippen LogP contribution in [0.15, 0.2) is 42.5 Å². The molecule has 31 heavy (non-hydrogen) atoms. The van der Waals surface area contributed by atoms with Crippen LogP contribution in [-0.2, 0) is 0 Å². The van der Waals surface area contributed by atoms with Gasteiger partial charge in [0.2, 0.25) is 0 Å². The van der Waals surface area contributed by atoms with Gasteiger partial charge in [0, 0.05) is 29.2 Å². The number of hydrogen-bond acceptors (Lipinski definition) is 3. The third kappa shape index (κ3) is 3.04. The first-order valence-corrected chi connectivity index (χ1v) is 11.0. The number of urea groups is 1. The van der Waals surface area contributed by atoms with Crippen molar-refractivity contribution >= 4 is 44.8 Å². The van der Waals surface area contributed by atoms with Gasteiger partial charge in [0.25, 0.3) is 0 Å². The summed E-state index contributed by atoms with van der Waals surface area (Å²) in [7, 11) is 0. The van der Waals surface area contributed by atoms with E-state index in [4.69, 9.17) is 9.97 Å². The molecule has 6 rings (SSSR count). The number of hydrogen-bond donors (Lipinski definition) is 2. The molecule has 2 amide bonds. The Hall–Kier alpha value is -3.15. The van der Waals surface area contributed by atoms with E-state index >= 15 is 0 Å². The summed E-state index contributed by atoms with van der Waals surface area (Å²) in [6.07, 6.45) is 3.35. The highest BCUT2D eigenvalue weighted by Gasteiger charge is 2.51. The number of aromatic amines is 1. The summed E-state index contributed by atoms with van der Waals surface area (Å²) < 4.78 is 0. The number of likely N-dealkylation sites (tertiary alicyclic amines) is 1. The lowest BCUT2D eigenvalue weighted by Gasteiger charge is -2.39. The van der Waals surface area contributed by atoms with E-state index in [0.29, 0.717) is 6.04 Å². The molecule has 0 unspecified atom stereocenters. The van der Waals surface area contributed by atoms with Crippen molar-refractivity contribution in [3.8, 4) is 0 Å². The number of benzene rings is 2. The Kier molecular flexibility index (Phi) is 3.71. The molecule has 1 aliphatic heterocycles. The average Bonchev–Trinajstić information content (AvgIpc) is 3.18. The number of anilines is 1. The van der Waals surface area contributed by atoms with Crippen LogP contribution < -0.4 is 5.32 Å². The van der Waals surface area contributed by atoms with Crippen molar-refractivity contribution < 1.29 is 4.79 Å². The van der Waals surface area contributed by atoms with Gasteiger partial charge >= 0.3 is 6.03 Å². The number of fused-ring (bicyclic) bond motifs is 6. The molecule has 2 aromatic heterocycles. The first-order valence-electron chi connectivity index (χ1n) is 11.0. The summed E-state index contributed by atoms with van der Waals surface area (Å²) in [5.41, 5.74) is 5.60. The fourth-order valence-corrected chi connectivity index (χ4v) is 6.22. The van der Waals surface area contributed by atoms with Gasteiger partial charge in [0.15, 0.2) is 5.65 Å². The Morgan fingerprint density at radius 1 is 1.10 bits per heavy atom. The fourth-order valence-electron chi connectivity index (χ4n) is 6.22. The summed E-state index contributed by atoms with van der Waals surface area (Å²) in [6, 6.07) is 14.1. The van der Waals surface area contributed by atoms with Crippen LogP contribution in [0.1, 0.15) is 40.0 Å². The lowest BCUT2D eigenvalue weighted by molar-refractivity contribution is 0.130. The van der Waals surface area contributed by atoms with Gasteiger partial charge in [0.05, 0.1) is 11.0 Å². The Balaban J connectivity index is 1.33. The van der Waals surface area contributed by atoms with Crippen LogP contribution in [0.2, 0.25) is 0 Å². The van der Waals surface area contributed by atoms with Gasteiger partial charge in [0.1, 0.15) is 5.52 Å². The SMILES string of the molecule is CC1(C)C[C@H]2C[C@@](C)(CN2C(=O)Nc2ccc3[nH]c4nc5ccccc5nc4c3c2)C1. The Morgan fingerprint density at radius 2 is 1.87 bits per heavy atom. The second-order valence-electron chi connectivity index (χ2n) is 10.6. The van der Waals surface area contributed by atoms with Gasteiger partial charge in [-0.05, 0) is 60.4 Å². The van der Waals surface area contributed by atoms with Gasteiger partial charge < -0.3 is 15.2 Å². The first kappa shape index (κ1) is 18.6. The maximum Gasteiger partial charge on any atom is 0.322 e. The summed E-state index contributed by atoms with van der Waals surface area (Å²) in [5, 5.41) is 4.12. The maximum atomic E-state index is 13.2. The number of nitrogens with zero attached hydrogens (tertiary/aromatic N) is 3. The number of amides is 2. The third-order valence-corrected chi connectivity index (χ3v) is 7.03. The van der Waals surface area contributed by atoms with Gasteiger partial charge in [-0.2, -0.15) is 0 Å². The van der Waals surface area contributed by atoms with Crippen LogP contribution in [0, 0.1) is 10.8 Å². The number of H-pyrrole nitrogens is 1. The molecule has 3 heterocycles. The van der Waals surface area contributed by atoms with Crippen LogP contribution >= 0.6 is 0 Å². The molecule has 2 aliphatic rings. The zero-order valence-corrected chi connectivity index (χ0v) is 18.2. The zero-order chi connectivity index (χ0) is 21.4. The van der Waals surface area contributed by atoms with Crippen LogP contribution in [0.5, 0.6) is 0 Å². The van der Waals surface area contributed by atoms with E-state index in [1.54, 1.807) is 0 Å². The molecule has 0 spiro atoms. The topological polar surface area (TPSA) is 73.9 Å².